The van der Waals surface area contributed by atoms with Crippen molar-refractivity contribution in [2.45, 2.75) is 31.2 Å². The van der Waals surface area contributed by atoms with E-state index >= 15 is 0 Å². The van der Waals surface area contributed by atoms with Crippen LogP contribution in [0.2, 0.25) is 0 Å². The largest absolute Gasteiger partial charge is 0.381 e. The summed E-state index contributed by atoms with van der Waals surface area (Å²) in [5.41, 5.74) is 7.45. The summed E-state index contributed by atoms with van der Waals surface area (Å²) in [7, 11) is 1.89. The molecule has 0 saturated carbocycles. The van der Waals surface area contributed by atoms with Gasteiger partial charge in [0.1, 0.15) is 5.56 Å². The van der Waals surface area contributed by atoms with E-state index in [-0.39, 0.29) is 28.5 Å². The number of carbonyl (C=O) groups is 2. The summed E-state index contributed by atoms with van der Waals surface area (Å²) in [5, 5.41) is 6.84. The molecular formula is C21H23FN8O2. The molecule has 2 aliphatic heterocycles. The third kappa shape index (κ3) is 3.20. The topological polar surface area (TPSA) is 122 Å². The summed E-state index contributed by atoms with van der Waals surface area (Å²) >= 11 is 0. The lowest BCUT2D eigenvalue weighted by atomic mass is 9.85. The molecule has 0 radical (unpaired) electrons. The van der Waals surface area contributed by atoms with Crippen LogP contribution < -0.4 is 16.0 Å². The van der Waals surface area contributed by atoms with E-state index in [0.29, 0.717) is 12.1 Å². The van der Waals surface area contributed by atoms with Gasteiger partial charge < -0.3 is 20.9 Å². The van der Waals surface area contributed by atoms with Crippen molar-refractivity contribution in [3.63, 3.8) is 0 Å². The van der Waals surface area contributed by atoms with Crippen molar-refractivity contribution in [1.29, 1.82) is 0 Å². The van der Waals surface area contributed by atoms with Crippen molar-refractivity contribution in [1.82, 2.24) is 24.5 Å². The van der Waals surface area contributed by atoms with Crippen molar-refractivity contribution >= 4 is 34.7 Å². The summed E-state index contributed by atoms with van der Waals surface area (Å²) in [6.07, 6.45) is 8.59. The number of amides is 2. The quantitative estimate of drug-likeness (QED) is 0.638. The number of hydrogen-bond donors (Lipinski definition) is 2. The normalized spacial score (nSPS) is 18.0. The molecule has 0 atom stereocenters. The van der Waals surface area contributed by atoms with Gasteiger partial charge in [-0.2, -0.15) is 0 Å². The highest BCUT2D eigenvalue weighted by Gasteiger charge is 2.45. The third-order valence-corrected chi connectivity index (χ3v) is 6.67. The van der Waals surface area contributed by atoms with Crippen LogP contribution in [0.4, 0.5) is 21.6 Å². The minimum absolute atomic E-state index is 0.0418. The molecule has 0 aliphatic carbocycles. The Kier molecular flexibility index (Phi) is 4.68. The fourth-order valence-corrected chi connectivity index (χ4v) is 4.78. The van der Waals surface area contributed by atoms with Gasteiger partial charge in [0.25, 0.3) is 5.91 Å². The molecule has 2 aliphatic rings. The second-order valence-electron chi connectivity index (χ2n) is 8.31. The zero-order chi connectivity index (χ0) is 22.5. The maximum atomic E-state index is 13.4. The monoisotopic (exact) mass is 438 g/mol. The second-order valence-corrected chi connectivity index (χ2v) is 8.31. The molecule has 5 rings (SSSR count). The van der Waals surface area contributed by atoms with Gasteiger partial charge in [-0.05, 0) is 25.3 Å². The highest BCUT2D eigenvalue weighted by Crippen LogP contribution is 2.40. The maximum Gasteiger partial charge on any atom is 0.263 e. The van der Waals surface area contributed by atoms with Crippen LogP contribution in [0.3, 0.4) is 0 Å². The van der Waals surface area contributed by atoms with Crippen molar-refractivity contribution in [2.75, 3.05) is 36.1 Å². The second kappa shape index (κ2) is 7.43. The summed E-state index contributed by atoms with van der Waals surface area (Å²) in [4.78, 5) is 37.3. The van der Waals surface area contributed by atoms with Crippen molar-refractivity contribution in [3.05, 3.63) is 42.2 Å². The summed E-state index contributed by atoms with van der Waals surface area (Å²) < 4.78 is 14.6. The molecule has 32 heavy (non-hydrogen) atoms. The minimum atomic E-state index is -0.584. The van der Waals surface area contributed by atoms with E-state index in [1.165, 1.54) is 0 Å². The number of rotatable bonds is 3. The smallest absolute Gasteiger partial charge is 0.263 e. The Morgan fingerprint density at radius 2 is 2.03 bits per heavy atom. The molecule has 0 unspecified atom stereocenters. The number of carbonyl (C=O) groups excluding carboxylic acids is 2. The fourth-order valence-electron chi connectivity index (χ4n) is 4.78. The number of pyridine rings is 1. The van der Waals surface area contributed by atoms with E-state index in [1.807, 2.05) is 18.0 Å². The van der Waals surface area contributed by atoms with Gasteiger partial charge in [-0.1, -0.05) is 0 Å². The van der Waals surface area contributed by atoms with Crippen molar-refractivity contribution in [2.24, 2.45) is 0 Å². The van der Waals surface area contributed by atoms with Gasteiger partial charge in [-0.25, -0.2) is 13.9 Å². The van der Waals surface area contributed by atoms with Gasteiger partial charge in [0, 0.05) is 38.3 Å². The number of nitrogens with zero attached hydrogens (tertiary/aromatic N) is 6. The zero-order valence-electron chi connectivity index (χ0n) is 17.6. The number of hydrogen-bond acceptors (Lipinski definition) is 7. The molecule has 2 saturated heterocycles. The molecule has 0 bridgehead atoms. The number of nitrogens with one attached hydrogen (secondary N) is 1. The first-order valence-electron chi connectivity index (χ1n) is 10.4. The van der Waals surface area contributed by atoms with Gasteiger partial charge in [-0.3, -0.25) is 14.6 Å². The Hall–Kier alpha value is -3.76. The zero-order valence-corrected chi connectivity index (χ0v) is 17.6. The first-order chi connectivity index (χ1) is 15.4. The summed E-state index contributed by atoms with van der Waals surface area (Å²) in [5.74, 6) is -0.922. The molecular weight excluding hydrogens is 415 g/mol. The Morgan fingerprint density at radius 3 is 2.75 bits per heavy atom. The standard InChI is InChI=1S/C21H23FN8O2/c1-28-16(31)2-4-21(28)5-8-29(9-6-21)15-3-7-24-11-14(15)26-20(32)17-18(23)27-30-12-13(22)10-25-19(17)30/h3,7,10-12H,2,4-6,8-9H2,1H3,(H2,23,27)(H,26,32). The van der Waals surface area contributed by atoms with Gasteiger partial charge in [0.05, 0.1) is 30.0 Å². The lowest BCUT2D eigenvalue weighted by molar-refractivity contribution is -0.130. The average molecular weight is 438 g/mol. The van der Waals surface area contributed by atoms with Crippen LogP contribution in [0.15, 0.2) is 30.9 Å². The lowest BCUT2D eigenvalue weighted by Crippen LogP contribution is -2.51. The first kappa shape index (κ1) is 20.2. The van der Waals surface area contributed by atoms with Crippen LogP contribution in [0, 0.1) is 5.82 Å². The number of halogens is 1. The molecule has 166 valence electrons. The maximum absolute atomic E-state index is 13.4. The van der Waals surface area contributed by atoms with Crippen LogP contribution >= 0.6 is 0 Å². The van der Waals surface area contributed by atoms with Gasteiger partial charge >= 0.3 is 0 Å². The Balaban J connectivity index is 1.38. The van der Waals surface area contributed by atoms with Gasteiger partial charge in [-0.15, -0.1) is 5.10 Å². The van der Waals surface area contributed by atoms with E-state index < -0.39 is 11.7 Å². The highest BCUT2D eigenvalue weighted by atomic mass is 19.1. The van der Waals surface area contributed by atoms with Gasteiger partial charge in [0.2, 0.25) is 5.91 Å². The number of nitrogens with two attached hydrogens (primary N) is 1. The van der Waals surface area contributed by atoms with Crippen molar-refractivity contribution in [3.8, 4) is 0 Å². The van der Waals surface area contributed by atoms with Crippen LogP contribution in [-0.2, 0) is 4.79 Å². The highest BCUT2D eigenvalue weighted by molar-refractivity contribution is 6.12. The minimum Gasteiger partial charge on any atom is -0.381 e. The predicted molar refractivity (Wildman–Crippen MR) is 116 cm³/mol. The Bertz CT molecular complexity index is 1220. The van der Waals surface area contributed by atoms with E-state index in [4.69, 9.17) is 5.73 Å². The van der Waals surface area contributed by atoms with E-state index in [1.54, 1.807) is 12.4 Å². The van der Waals surface area contributed by atoms with E-state index in [2.05, 4.69) is 25.3 Å². The third-order valence-electron chi connectivity index (χ3n) is 6.67. The number of piperidine rings is 1. The number of likely N-dealkylation sites (tertiary alicyclic amines) is 1. The fraction of sp³-hybridized carbons (Fsp3) is 0.381. The lowest BCUT2D eigenvalue weighted by Gasteiger charge is -2.44. The van der Waals surface area contributed by atoms with E-state index in [9.17, 15) is 14.0 Å². The SMILES string of the molecule is CN1C(=O)CCC12CCN(c1ccncc1NC(=O)c1c(N)nn3cc(F)cnc13)CC2. The molecule has 11 heteroatoms. The average Bonchev–Trinajstić information content (AvgIpc) is 3.25. The van der Waals surface area contributed by atoms with Crippen LogP contribution in [0.1, 0.15) is 36.0 Å². The molecule has 1 spiro atoms. The summed E-state index contributed by atoms with van der Waals surface area (Å²) in [6, 6.07) is 1.85. The molecule has 10 nitrogen and oxygen atoms in total. The molecule has 3 aromatic rings. The summed E-state index contributed by atoms with van der Waals surface area (Å²) in [6.45, 7) is 1.51. The number of fused-ring (bicyclic) bond motifs is 1. The van der Waals surface area contributed by atoms with Crippen LogP contribution in [0.5, 0.6) is 0 Å². The van der Waals surface area contributed by atoms with Crippen molar-refractivity contribution < 1.29 is 14.0 Å². The first-order valence-corrected chi connectivity index (χ1v) is 10.4. The van der Waals surface area contributed by atoms with Crippen LogP contribution in [0.25, 0.3) is 5.65 Å². The Labute approximate surface area is 183 Å². The number of anilines is 3. The molecule has 2 amide bonds. The van der Waals surface area contributed by atoms with E-state index in [0.717, 1.165) is 54.9 Å². The molecule has 0 aromatic carbocycles. The molecule has 2 fully saturated rings. The Morgan fingerprint density at radius 1 is 1.25 bits per heavy atom. The van der Waals surface area contributed by atoms with Gasteiger partial charge in [0.15, 0.2) is 17.3 Å². The molecule has 5 heterocycles. The molecule has 3 N–H and O–H groups in total. The number of nitrogen functional groups attached to an aromatic ring is 1. The number of aromatic nitrogens is 4. The predicted octanol–water partition coefficient (Wildman–Crippen LogP) is 1.69. The molecule has 3 aromatic heterocycles. The van der Waals surface area contributed by atoms with Crippen LogP contribution in [-0.4, -0.2) is 62.0 Å².